The Bertz CT molecular complexity index is 729. The standard InChI is InChI=1S/C14H10FNO5/c1-8-2-4-10(15)13(6-8)21-12-5-3-9(14(17)18)7-11(12)16(19)20/h2-7H,1H3,(H,17,18). The molecule has 0 saturated carbocycles. The first-order chi connectivity index (χ1) is 9.88. The van der Waals surface area contributed by atoms with E-state index in [0.717, 1.165) is 23.8 Å². The number of hydrogen-bond acceptors (Lipinski definition) is 4. The molecule has 0 radical (unpaired) electrons. The Balaban J connectivity index is 2.46. The van der Waals surface area contributed by atoms with Crippen LogP contribution in [-0.2, 0) is 0 Å². The van der Waals surface area contributed by atoms with Crippen LogP contribution in [0.3, 0.4) is 0 Å². The number of halogens is 1. The third kappa shape index (κ3) is 3.14. The molecule has 0 heterocycles. The maximum atomic E-state index is 13.6. The highest BCUT2D eigenvalue weighted by Gasteiger charge is 2.20. The Hall–Kier alpha value is -2.96. The number of benzene rings is 2. The topological polar surface area (TPSA) is 89.7 Å². The summed E-state index contributed by atoms with van der Waals surface area (Å²) < 4.78 is 18.8. The zero-order chi connectivity index (χ0) is 15.6. The number of hydrogen-bond donors (Lipinski definition) is 1. The molecule has 2 rings (SSSR count). The van der Waals surface area contributed by atoms with E-state index in [0.29, 0.717) is 0 Å². The highest BCUT2D eigenvalue weighted by Crippen LogP contribution is 2.33. The number of carboxylic acid groups (broad SMARTS) is 1. The van der Waals surface area contributed by atoms with Gasteiger partial charge in [-0.3, -0.25) is 10.1 Å². The van der Waals surface area contributed by atoms with Gasteiger partial charge in [0.05, 0.1) is 10.5 Å². The van der Waals surface area contributed by atoms with Crippen LogP contribution in [0.25, 0.3) is 0 Å². The van der Waals surface area contributed by atoms with Crippen molar-refractivity contribution in [2.75, 3.05) is 0 Å². The van der Waals surface area contributed by atoms with Gasteiger partial charge in [-0.25, -0.2) is 9.18 Å². The second kappa shape index (κ2) is 5.58. The lowest BCUT2D eigenvalue weighted by atomic mass is 10.2. The summed E-state index contributed by atoms with van der Waals surface area (Å²) in [6.45, 7) is 1.72. The summed E-state index contributed by atoms with van der Waals surface area (Å²) >= 11 is 0. The summed E-state index contributed by atoms with van der Waals surface area (Å²) in [7, 11) is 0. The van der Waals surface area contributed by atoms with E-state index in [9.17, 15) is 19.3 Å². The minimum atomic E-state index is -1.30. The molecule has 0 saturated heterocycles. The monoisotopic (exact) mass is 291 g/mol. The number of nitro benzene ring substituents is 1. The summed E-state index contributed by atoms with van der Waals surface area (Å²) in [6.07, 6.45) is 0. The van der Waals surface area contributed by atoms with E-state index in [1.807, 2.05) is 0 Å². The van der Waals surface area contributed by atoms with Crippen molar-refractivity contribution < 1.29 is 24.0 Å². The Morgan fingerprint density at radius 1 is 1.24 bits per heavy atom. The maximum absolute atomic E-state index is 13.6. The number of nitro groups is 1. The molecule has 0 aromatic heterocycles. The van der Waals surface area contributed by atoms with E-state index in [1.165, 1.54) is 18.2 Å². The lowest BCUT2D eigenvalue weighted by Crippen LogP contribution is -2.00. The van der Waals surface area contributed by atoms with Gasteiger partial charge in [0.1, 0.15) is 0 Å². The minimum absolute atomic E-state index is 0.166. The Morgan fingerprint density at radius 2 is 1.95 bits per heavy atom. The molecule has 0 fully saturated rings. The van der Waals surface area contributed by atoms with E-state index in [-0.39, 0.29) is 17.1 Å². The molecule has 0 spiro atoms. The first-order valence-electron chi connectivity index (χ1n) is 5.84. The first-order valence-corrected chi connectivity index (χ1v) is 5.84. The fourth-order valence-electron chi connectivity index (χ4n) is 1.69. The van der Waals surface area contributed by atoms with Crippen LogP contribution < -0.4 is 4.74 Å². The van der Waals surface area contributed by atoms with Gasteiger partial charge in [0.25, 0.3) is 0 Å². The van der Waals surface area contributed by atoms with E-state index < -0.39 is 22.4 Å². The zero-order valence-electron chi connectivity index (χ0n) is 10.9. The van der Waals surface area contributed by atoms with Crippen LogP contribution >= 0.6 is 0 Å². The average molecular weight is 291 g/mol. The van der Waals surface area contributed by atoms with Crippen molar-refractivity contribution in [3.8, 4) is 11.5 Å². The van der Waals surface area contributed by atoms with E-state index in [1.54, 1.807) is 6.92 Å². The fraction of sp³-hybridized carbons (Fsp3) is 0.0714. The Morgan fingerprint density at radius 3 is 2.57 bits per heavy atom. The molecule has 1 N–H and O–H groups in total. The van der Waals surface area contributed by atoms with Gasteiger partial charge in [0.2, 0.25) is 5.75 Å². The lowest BCUT2D eigenvalue weighted by Gasteiger charge is -2.08. The lowest BCUT2D eigenvalue weighted by molar-refractivity contribution is -0.385. The van der Waals surface area contributed by atoms with Crippen molar-refractivity contribution in [2.45, 2.75) is 6.92 Å². The van der Waals surface area contributed by atoms with Crippen LogP contribution in [-0.4, -0.2) is 16.0 Å². The second-order valence-corrected chi connectivity index (χ2v) is 4.28. The number of aromatic carboxylic acids is 1. The van der Waals surface area contributed by atoms with Gasteiger partial charge in [-0.2, -0.15) is 0 Å². The minimum Gasteiger partial charge on any atom is -0.478 e. The SMILES string of the molecule is Cc1ccc(F)c(Oc2ccc(C(=O)O)cc2[N+](=O)[O-])c1. The van der Waals surface area contributed by atoms with Gasteiger partial charge in [0.15, 0.2) is 11.6 Å². The number of rotatable bonds is 4. The van der Waals surface area contributed by atoms with Crippen molar-refractivity contribution in [2.24, 2.45) is 0 Å². The molecule has 7 heteroatoms. The van der Waals surface area contributed by atoms with Gasteiger partial charge in [-0.15, -0.1) is 0 Å². The first kappa shape index (κ1) is 14.4. The molecule has 108 valence electrons. The number of ether oxygens (including phenoxy) is 1. The van der Waals surface area contributed by atoms with Crippen LogP contribution in [0.15, 0.2) is 36.4 Å². The van der Waals surface area contributed by atoms with E-state index >= 15 is 0 Å². The summed E-state index contributed by atoms with van der Waals surface area (Å²) in [5.74, 6) is -2.36. The smallest absolute Gasteiger partial charge is 0.335 e. The van der Waals surface area contributed by atoms with Crippen LogP contribution in [0.1, 0.15) is 15.9 Å². The van der Waals surface area contributed by atoms with Crippen molar-refractivity contribution in [3.05, 3.63) is 63.5 Å². The predicted octanol–water partition coefficient (Wildman–Crippen LogP) is 3.53. The molecule has 0 aliphatic carbocycles. The van der Waals surface area contributed by atoms with E-state index in [2.05, 4.69) is 0 Å². The molecule has 2 aromatic rings. The zero-order valence-corrected chi connectivity index (χ0v) is 10.9. The van der Waals surface area contributed by atoms with Crippen molar-refractivity contribution in [1.29, 1.82) is 0 Å². The van der Waals surface area contributed by atoms with Gasteiger partial charge in [0, 0.05) is 6.07 Å². The summed E-state index contributed by atoms with van der Waals surface area (Å²) in [6, 6.07) is 7.25. The highest BCUT2D eigenvalue weighted by atomic mass is 19.1. The fourth-order valence-corrected chi connectivity index (χ4v) is 1.69. The molecule has 0 aliphatic rings. The molecule has 0 bridgehead atoms. The van der Waals surface area contributed by atoms with Crippen LogP contribution in [0.5, 0.6) is 11.5 Å². The molecule has 21 heavy (non-hydrogen) atoms. The highest BCUT2D eigenvalue weighted by molar-refractivity contribution is 5.88. The molecular formula is C14H10FNO5. The van der Waals surface area contributed by atoms with Gasteiger partial charge in [-0.1, -0.05) is 6.07 Å². The molecule has 6 nitrogen and oxygen atoms in total. The summed E-state index contributed by atoms with van der Waals surface area (Å²) in [4.78, 5) is 21.0. The number of nitrogens with zero attached hydrogens (tertiary/aromatic N) is 1. The Kier molecular flexibility index (Phi) is 3.84. The van der Waals surface area contributed by atoms with Crippen LogP contribution in [0.2, 0.25) is 0 Å². The molecular weight excluding hydrogens is 281 g/mol. The summed E-state index contributed by atoms with van der Waals surface area (Å²) in [5.41, 5.74) is -0.0780. The molecule has 2 aromatic carbocycles. The molecule has 0 unspecified atom stereocenters. The number of carboxylic acids is 1. The van der Waals surface area contributed by atoms with Gasteiger partial charge >= 0.3 is 11.7 Å². The Labute approximate surface area is 118 Å². The van der Waals surface area contributed by atoms with Crippen LogP contribution in [0, 0.1) is 22.9 Å². The van der Waals surface area contributed by atoms with E-state index in [4.69, 9.17) is 9.84 Å². The number of aryl methyl sites for hydroxylation is 1. The normalized spacial score (nSPS) is 10.2. The molecule has 0 aliphatic heterocycles. The number of carbonyl (C=O) groups is 1. The van der Waals surface area contributed by atoms with Gasteiger partial charge < -0.3 is 9.84 Å². The molecule has 0 atom stereocenters. The van der Waals surface area contributed by atoms with Crippen molar-refractivity contribution in [3.63, 3.8) is 0 Å². The van der Waals surface area contributed by atoms with Crippen LogP contribution in [0.4, 0.5) is 10.1 Å². The van der Waals surface area contributed by atoms with Crippen molar-refractivity contribution >= 4 is 11.7 Å². The average Bonchev–Trinajstić information content (AvgIpc) is 2.42. The third-order valence-electron chi connectivity index (χ3n) is 2.71. The quantitative estimate of drug-likeness (QED) is 0.687. The van der Waals surface area contributed by atoms with Gasteiger partial charge in [-0.05, 0) is 36.8 Å². The third-order valence-corrected chi connectivity index (χ3v) is 2.71. The largest absolute Gasteiger partial charge is 0.478 e. The maximum Gasteiger partial charge on any atom is 0.335 e. The molecule has 0 amide bonds. The second-order valence-electron chi connectivity index (χ2n) is 4.28. The predicted molar refractivity (Wildman–Crippen MR) is 71.3 cm³/mol. The van der Waals surface area contributed by atoms with Crippen molar-refractivity contribution in [1.82, 2.24) is 0 Å². The summed E-state index contributed by atoms with van der Waals surface area (Å²) in [5, 5.41) is 19.8.